The molecule has 2 aromatic heterocycles. The lowest BCUT2D eigenvalue weighted by atomic mass is 10.4. The average molecular weight is 292 g/mol. The summed E-state index contributed by atoms with van der Waals surface area (Å²) < 4.78 is 27.2. The van der Waals surface area contributed by atoms with E-state index in [0.717, 1.165) is 5.69 Å². The lowest BCUT2D eigenvalue weighted by Gasteiger charge is -2.11. The second kappa shape index (κ2) is 5.87. The van der Waals surface area contributed by atoms with E-state index in [4.69, 9.17) is 0 Å². The van der Waals surface area contributed by atoms with Gasteiger partial charge < -0.3 is 5.32 Å². The summed E-state index contributed by atoms with van der Waals surface area (Å²) in [5.41, 5.74) is 0.739. The molecule has 6 nitrogen and oxygen atoms in total. The number of hydrogen-bond donors (Lipinski definition) is 2. The third-order valence-corrected chi connectivity index (χ3v) is 3.92. The highest BCUT2D eigenvalue weighted by Crippen LogP contribution is 2.20. The van der Waals surface area contributed by atoms with Crippen LogP contribution in [0.1, 0.15) is 12.6 Å². The van der Waals surface area contributed by atoms with Gasteiger partial charge in [-0.25, -0.2) is 18.4 Å². The molecule has 2 aromatic rings. The summed E-state index contributed by atoms with van der Waals surface area (Å²) in [5.74, 6) is 0.617. The highest BCUT2D eigenvalue weighted by molar-refractivity contribution is 7.92. The molecule has 7 heteroatoms. The average Bonchev–Trinajstić information content (AvgIpc) is 2.39. The largest absolute Gasteiger partial charge is 0.369 e. The quantitative estimate of drug-likeness (QED) is 0.880. The fraction of sp³-hybridized carbons (Fsp3) is 0.231. The Morgan fingerprint density at radius 1 is 1.20 bits per heavy atom. The van der Waals surface area contributed by atoms with E-state index in [2.05, 4.69) is 20.0 Å². The van der Waals surface area contributed by atoms with Crippen molar-refractivity contribution >= 4 is 21.7 Å². The Labute approximate surface area is 118 Å². The van der Waals surface area contributed by atoms with Crippen molar-refractivity contribution in [2.75, 3.05) is 16.6 Å². The van der Waals surface area contributed by atoms with Crippen LogP contribution < -0.4 is 10.0 Å². The molecule has 0 atom stereocenters. The van der Waals surface area contributed by atoms with Gasteiger partial charge in [-0.2, -0.15) is 0 Å². The number of anilines is 2. The first-order valence-corrected chi connectivity index (χ1v) is 7.66. The standard InChI is InChI=1S/C13H16N4O2S/c1-3-14-13-11(7-5-9-15-13)20(18,19)17-12-8-4-6-10(2)16-12/h4-9H,3H2,1-2H3,(H,14,15)(H,16,17). The molecule has 0 aliphatic rings. The van der Waals surface area contributed by atoms with Crippen LogP contribution in [0.4, 0.5) is 11.6 Å². The van der Waals surface area contributed by atoms with E-state index >= 15 is 0 Å². The van der Waals surface area contributed by atoms with E-state index in [1.807, 2.05) is 6.92 Å². The Kier molecular flexibility index (Phi) is 4.19. The van der Waals surface area contributed by atoms with Gasteiger partial charge in [-0.15, -0.1) is 0 Å². The van der Waals surface area contributed by atoms with Gasteiger partial charge in [-0.1, -0.05) is 6.07 Å². The van der Waals surface area contributed by atoms with Crippen LogP contribution in [-0.2, 0) is 10.0 Å². The highest BCUT2D eigenvalue weighted by atomic mass is 32.2. The molecule has 2 rings (SSSR count). The topological polar surface area (TPSA) is 84.0 Å². The minimum atomic E-state index is -3.72. The van der Waals surface area contributed by atoms with Crippen LogP contribution >= 0.6 is 0 Å². The van der Waals surface area contributed by atoms with Crippen LogP contribution in [-0.4, -0.2) is 24.9 Å². The molecule has 0 saturated carbocycles. The molecule has 0 amide bonds. The van der Waals surface area contributed by atoms with E-state index in [1.165, 1.54) is 6.07 Å². The Hall–Kier alpha value is -2.15. The molecule has 0 fully saturated rings. The molecule has 2 N–H and O–H groups in total. The number of aryl methyl sites for hydroxylation is 1. The van der Waals surface area contributed by atoms with Gasteiger partial charge in [0.15, 0.2) is 0 Å². The molecule has 0 radical (unpaired) electrons. The minimum absolute atomic E-state index is 0.102. The second-order valence-corrected chi connectivity index (χ2v) is 5.80. The predicted molar refractivity (Wildman–Crippen MR) is 78.2 cm³/mol. The van der Waals surface area contributed by atoms with Gasteiger partial charge in [-0.3, -0.25) is 4.72 Å². The van der Waals surface area contributed by atoms with E-state index in [9.17, 15) is 8.42 Å². The number of rotatable bonds is 5. The molecule has 0 saturated heterocycles. The molecule has 0 spiro atoms. The number of hydrogen-bond acceptors (Lipinski definition) is 5. The summed E-state index contributed by atoms with van der Waals surface area (Å²) in [6, 6.07) is 8.23. The van der Waals surface area contributed by atoms with Crippen molar-refractivity contribution in [1.29, 1.82) is 0 Å². The zero-order chi connectivity index (χ0) is 14.6. The van der Waals surface area contributed by atoms with E-state index in [0.29, 0.717) is 12.4 Å². The monoisotopic (exact) mass is 292 g/mol. The SMILES string of the molecule is CCNc1ncccc1S(=O)(=O)Nc1cccc(C)n1. The van der Waals surface area contributed by atoms with Crippen molar-refractivity contribution in [2.45, 2.75) is 18.7 Å². The van der Waals surface area contributed by atoms with Crippen LogP contribution in [0.2, 0.25) is 0 Å². The third kappa shape index (κ3) is 3.24. The summed E-state index contributed by atoms with van der Waals surface area (Å²) in [7, 11) is -3.72. The second-order valence-electron chi connectivity index (χ2n) is 4.15. The summed E-state index contributed by atoms with van der Waals surface area (Å²) >= 11 is 0. The molecule has 106 valence electrons. The predicted octanol–water partition coefficient (Wildman–Crippen LogP) is 2.02. The van der Waals surface area contributed by atoms with Crippen LogP contribution in [0.5, 0.6) is 0 Å². The Balaban J connectivity index is 2.36. The first-order chi connectivity index (χ1) is 9.53. The molecule has 0 bridgehead atoms. The van der Waals surface area contributed by atoms with E-state index in [-0.39, 0.29) is 10.7 Å². The molecule has 0 aromatic carbocycles. The van der Waals surface area contributed by atoms with Crippen LogP contribution in [0.15, 0.2) is 41.4 Å². The summed E-state index contributed by atoms with van der Waals surface area (Å²) in [4.78, 5) is 8.27. The zero-order valence-corrected chi connectivity index (χ0v) is 12.1. The van der Waals surface area contributed by atoms with Gasteiger partial charge in [0.05, 0.1) is 0 Å². The lowest BCUT2D eigenvalue weighted by molar-refractivity contribution is 0.601. The Morgan fingerprint density at radius 2 is 2.00 bits per heavy atom. The molecule has 2 heterocycles. The van der Waals surface area contributed by atoms with Gasteiger partial charge in [-0.05, 0) is 38.1 Å². The maximum Gasteiger partial charge on any atom is 0.266 e. The van der Waals surface area contributed by atoms with Gasteiger partial charge in [0.1, 0.15) is 16.5 Å². The normalized spacial score (nSPS) is 11.1. The highest BCUT2D eigenvalue weighted by Gasteiger charge is 2.19. The van der Waals surface area contributed by atoms with Crippen LogP contribution in [0, 0.1) is 6.92 Å². The van der Waals surface area contributed by atoms with Crippen molar-refractivity contribution in [3.8, 4) is 0 Å². The van der Waals surface area contributed by atoms with Crippen LogP contribution in [0.3, 0.4) is 0 Å². The molecular formula is C13H16N4O2S. The summed E-state index contributed by atoms with van der Waals surface area (Å²) in [6.07, 6.45) is 1.54. The summed E-state index contributed by atoms with van der Waals surface area (Å²) in [6.45, 7) is 4.26. The smallest absolute Gasteiger partial charge is 0.266 e. The number of sulfonamides is 1. The van der Waals surface area contributed by atoms with Crippen molar-refractivity contribution in [3.63, 3.8) is 0 Å². The van der Waals surface area contributed by atoms with Crippen molar-refractivity contribution in [3.05, 3.63) is 42.2 Å². The number of aromatic nitrogens is 2. The lowest BCUT2D eigenvalue weighted by Crippen LogP contribution is -2.17. The van der Waals surface area contributed by atoms with Crippen molar-refractivity contribution in [2.24, 2.45) is 0 Å². The molecule has 0 aliphatic heterocycles. The summed E-state index contributed by atoms with van der Waals surface area (Å²) in [5, 5.41) is 2.93. The van der Waals surface area contributed by atoms with E-state index < -0.39 is 10.0 Å². The molecule has 0 unspecified atom stereocenters. The van der Waals surface area contributed by atoms with Gasteiger partial charge in [0, 0.05) is 18.4 Å². The van der Waals surface area contributed by atoms with Gasteiger partial charge >= 0.3 is 0 Å². The fourth-order valence-corrected chi connectivity index (χ4v) is 2.84. The molecule has 20 heavy (non-hydrogen) atoms. The Bertz CT molecular complexity index is 701. The maximum absolute atomic E-state index is 12.4. The first-order valence-electron chi connectivity index (χ1n) is 6.18. The maximum atomic E-state index is 12.4. The Morgan fingerprint density at radius 3 is 2.70 bits per heavy atom. The van der Waals surface area contributed by atoms with Crippen LogP contribution in [0.25, 0.3) is 0 Å². The zero-order valence-electron chi connectivity index (χ0n) is 11.3. The number of nitrogens with one attached hydrogen (secondary N) is 2. The van der Waals surface area contributed by atoms with E-state index in [1.54, 1.807) is 37.4 Å². The molecular weight excluding hydrogens is 276 g/mol. The fourth-order valence-electron chi connectivity index (χ4n) is 1.70. The molecule has 0 aliphatic carbocycles. The number of nitrogens with zero attached hydrogens (tertiary/aromatic N) is 2. The third-order valence-electron chi connectivity index (χ3n) is 2.53. The van der Waals surface area contributed by atoms with Gasteiger partial charge in [0.2, 0.25) is 0 Å². The van der Waals surface area contributed by atoms with Gasteiger partial charge in [0.25, 0.3) is 10.0 Å². The number of pyridine rings is 2. The van der Waals surface area contributed by atoms with Crippen molar-refractivity contribution in [1.82, 2.24) is 9.97 Å². The van der Waals surface area contributed by atoms with Crippen molar-refractivity contribution < 1.29 is 8.42 Å². The minimum Gasteiger partial charge on any atom is -0.369 e. The first kappa shape index (κ1) is 14.3.